The van der Waals surface area contributed by atoms with Crippen LogP contribution in [0.4, 0.5) is 0 Å². The van der Waals surface area contributed by atoms with Gasteiger partial charge in [-0.25, -0.2) is 0 Å². The van der Waals surface area contributed by atoms with Gasteiger partial charge in [0, 0.05) is 13.6 Å². The molecule has 0 radical (unpaired) electrons. The molecule has 0 fully saturated rings. The smallest absolute Gasteiger partial charge is 0.232 e. The lowest BCUT2D eigenvalue weighted by Gasteiger charge is -2.05. The van der Waals surface area contributed by atoms with Crippen molar-refractivity contribution in [3.8, 4) is 0 Å². The summed E-state index contributed by atoms with van der Waals surface area (Å²) < 4.78 is 1.89. The maximum Gasteiger partial charge on any atom is 0.232 e. The zero-order valence-corrected chi connectivity index (χ0v) is 5.55. The van der Waals surface area contributed by atoms with E-state index in [1.807, 2.05) is 18.8 Å². The van der Waals surface area contributed by atoms with Gasteiger partial charge in [-0.15, -0.1) is 0 Å². The molecular formula is C5H11N3. The molecule has 3 heteroatoms. The van der Waals surface area contributed by atoms with Gasteiger partial charge < -0.3 is 10.1 Å². The zero-order valence-electron chi connectivity index (χ0n) is 5.55. The van der Waals surface area contributed by atoms with Crippen LogP contribution in [0.3, 0.4) is 0 Å². The predicted octanol–water partition coefficient (Wildman–Crippen LogP) is 0.239. The molecule has 0 N–H and O–H groups in total. The molecule has 1 heterocycles. The molecule has 0 spiro atoms. The molecule has 0 aromatic rings. The second kappa shape index (κ2) is 1.65. The van der Waals surface area contributed by atoms with Crippen LogP contribution in [-0.4, -0.2) is 36.2 Å². The first kappa shape index (κ1) is 5.41. The minimum absolute atomic E-state index is 0.808. The molecule has 46 valence electrons. The van der Waals surface area contributed by atoms with Gasteiger partial charge in [0.2, 0.25) is 5.84 Å². The summed E-state index contributed by atoms with van der Waals surface area (Å²) in [5, 5.41) is 0. The minimum atomic E-state index is 0.808. The van der Waals surface area contributed by atoms with Gasteiger partial charge in [-0.1, -0.05) is 0 Å². The zero-order chi connectivity index (χ0) is 6.15. The summed E-state index contributed by atoms with van der Waals surface area (Å²) in [6, 6.07) is 0. The first-order valence-corrected chi connectivity index (χ1v) is 2.67. The van der Waals surface area contributed by atoms with Crippen LogP contribution in [0.15, 0.2) is 0 Å². The van der Waals surface area contributed by atoms with Crippen molar-refractivity contribution in [1.29, 1.82) is 0 Å². The molecule has 3 nitrogen and oxygen atoms in total. The van der Waals surface area contributed by atoms with Gasteiger partial charge in [-0.05, 0) is 0 Å². The van der Waals surface area contributed by atoms with Crippen LogP contribution in [0.1, 0.15) is 6.92 Å². The van der Waals surface area contributed by atoms with E-state index in [4.69, 9.17) is 0 Å². The first-order chi connectivity index (χ1) is 3.72. The van der Waals surface area contributed by atoms with Crippen LogP contribution in [0, 0.1) is 0 Å². The molecule has 0 unspecified atom stereocenters. The van der Waals surface area contributed by atoms with E-state index in [1.54, 1.807) is 0 Å². The highest BCUT2D eigenvalue weighted by atomic mass is 15.6. The number of hydrogen-bond donors (Lipinski definition) is 0. The van der Waals surface area contributed by atoms with Crippen molar-refractivity contribution in [3.63, 3.8) is 0 Å². The molecule has 0 bridgehead atoms. The van der Waals surface area contributed by atoms with Crippen molar-refractivity contribution in [3.05, 3.63) is 5.43 Å². The van der Waals surface area contributed by atoms with Crippen LogP contribution in [0.5, 0.6) is 0 Å². The highest BCUT2D eigenvalue weighted by molar-refractivity contribution is 5.75. The Hall–Kier alpha value is -0.730. The highest BCUT2D eigenvalue weighted by Crippen LogP contribution is 2.01. The van der Waals surface area contributed by atoms with Gasteiger partial charge in [0.1, 0.15) is 0 Å². The van der Waals surface area contributed by atoms with E-state index in [1.165, 1.54) is 5.84 Å². The SMILES string of the molecule is CC1=[N+](C)[N-]CN1C. The Kier molecular flexibility index (Phi) is 1.12. The predicted molar refractivity (Wildman–Crippen MR) is 32.9 cm³/mol. The summed E-state index contributed by atoms with van der Waals surface area (Å²) in [6.07, 6.45) is 0. The topological polar surface area (TPSA) is 20.4 Å². The lowest BCUT2D eigenvalue weighted by molar-refractivity contribution is -0.439. The molecule has 0 atom stereocenters. The summed E-state index contributed by atoms with van der Waals surface area (Å²) in [7, 11) is 3.99. The second-order valence-corrected chi connectivity index (χ2v) is 2.05. The average molecular weight is 113 g/mol. The minimum Gasteiger partial charge on any atom is -0.491 e. The maximum absolute atomic E-state index is 4.12. The van der Waals surface area contributed by atoms with Crippen molar-refractivity contribution in [2.75, 3.05) is 20.8 Å². The van der Waals surface area contributed by atoms with Crippen LogP contribution in [-0.2, 0) is 0 Å². The molecule has 8 heavy (non-hydrogen) atoms. The Bertz CT molecular complexity index is 128. The Morgan fingerprint density at radius 1 is 1.75 bits per heavy atom. The second-order valence-electron chi connectivity index (χ2n) is 2.05. The molecular weight excluding hydrogens is 102 g/mol. The highest BCUT2D eigenvalue weighted by Gasteiger charge is 2.09. The van der Waals surface area contributed by atoms with Crippen LogP contribution >= 0.6 is 0 Å². The summed E-state index contributed by atoms with van der Waals surface area (Å²) in [5.41, 5.74) is 4.12. The fourth-order valence-electron chi connectivity index (χ4n) is 0.641. The molecule has 0 aromatic heterocycles. The van der Waals surface area contributed by atoms with Crippen LogP contribution in [0.25, 0.3) is 5.43 Å². The lowest BCUT2D eigenvalue weighted by atomic mass is 10.6. The third kappa shape index (κ3) is 0.638. The van der Waals surface area contributed by atoms with Crippen molar-refractivity contribution in [2.24, 2.45) is 0 Å². The Balaban J connectivity index is 2.71. The largest absolute Gasteiger partial charge is 0.491 e. The van der Waals surface area contributed by atoms with Crippen LogP contribution in [0.2, 0.25) is 0 Å². The van der Waals surface area contributed by atoms with E-state index >= 15 is 0 Å². The Morgan fingerprint density at radius 3 is 2.50 bits per heavy atom. The van der Waals surface area contributed by atoms with Crippen molar-refractivity contribution < 1.29 is 4.68 Å². The van der Waals surface area contributed by atoms with E-state index in [0.29, 0.717) is 0 Å². The van der Waals surface area contributed by atoms with Crippen molar-refractivity contribution >= 4 is 5.84 Å². The van der Waals surface area contributed by atoms with E-state index in [9.17, 15) is 0 Å². The third-order valence-corrected chi connectivity index (χ3v) is 1.51. The molecule has 0 amide bonds. The monoisotopic (exact) mass is 113 g/mol. The van der Waals surface area contributed by atoms with E-state index in [0.717, 1.165) is 6.67 Å². The summed E-state index contributed by atoms with van der Waals surface area (Å²) >= 11 is 0. The lowest BCUT2D eigenvalue weighted by Crippen LogP contribution is -2.20. The van der Waals surface area contributed by atoms with E-state index in [2.05, 4.69) is 17.2 Å². The quantitative estimate of drug-likeness (QED) is 0.412. The third-order valence-electron chi connectivity index (χ3n) is 1.51. The molecule has 1 rings (SSSR count). The molecule has 1 aliphatic heterocycles. The van der Waals surface area contributed by atoms with E-state index < -0.39 is 0 Å². The van der Waals surface area contributed by atoms with Crippen LogP contribution < -0.4 is 0 Å². The maximum atomic E-state index is 4.12. The summed E-state index contributed by atoms with van der Waals surface area (Å²) in [4.78, 5) is 2.10. The van der Waals surface area contributed by atoms with Gasteiger partial charge in [-0.2, -0.15) is 0 Å². The number of rotatable bonds is 0. The standard InChI is InChI=1S/C5H11N3/c1-5-7(2)4-6-8(5)3/h4H2,1-3H3. The molecule has 0 saturated carbocycles. The molecule has 0 saturated heterocycles. The fourth-order valence-corrected chi connectivity index (χ4v) is 0.641. The van der Waals surface area contributed by atoms with Gasteiger partial charge in [0.05, 0.1) is 14.1 Å². The number of nitrogens with zero attached hydrogens (tertiary/aromatic N) is 3. The first-order valence-electron chi connectivity index (χ1n) is 2.67. The summed E-state index contributed by atoms with van der Waals surface area (Å²) in [5.74, 6) is 1.21. The molecule has 0 aromatic carbocycles. The molecule has 1 aliphatic rings. The summed E-state index contributed by atoms with van der Waals surface area (Å²) in [6.45, 7) is 2.86. The molecule has 0 aliphatic carbocycles. The van der Waals surface area contributed by atoms with Gasteiger partial charge >= 0.3 is 0 Å². The van der Waals surface area contributed by atoms with Gasteiger partial charge in [0.25, 0.3) is 0 Å². The fraction of sp³-hybridized carbons (Fsp3) is 0.800. The van der Waals surface area contributed by atoms with Gasteiger partial charge in [-0.3, -0.25) is 4.90 Å². The average Bonchev–Trinajstić information content (AvgIpc) is 1.98. The Morgan fingerprint density at radius 2 is 2.38 bits per heavy atom. The van der Waals surface area contributed by atoms with Crippen molar-refractivity contribution in [1.82, 2.24) is 4.90 Å². The number of amidine groups is 1. The normalized spacial score (nSPS) is 19.6. The number of hydrogen-bond acceptors (Lipinski definition) is 1. The van der Waals surface area contributed by atoms with Crippen molar-refractivity contribution in [2.45, 2.75) is 6.92 Å². The Labute approximate surface area is 49.6 Å². The van der Waals surface area contributed by atoms with Gasteiger partial charge in [0.15, 0.2) is 0 Å². The van der Waals surface area contributed by atoms with E-state index in [-0.39, 0.29) is 0 Å².